The number of rotatable bonds is 4. The Morgan fingerprint density at radius 1 is 1.15 bits per heavy atom. The minimum Gasteiger partial charge on any atom is -0.452 e. The van der Waals surface area contributed by atoms with Crippen molar-refractivity contribution < 1.29 is 19.4 Å². The smallest absolute Gasteiger partial charge is 0.312 e. The summed E-state index contributed by atoms with van der Waals surface area (Å²) in [5, 5.41) is 10.8. The Kier molecular flexibility index (Phi) is 4.10. The number of esters is 1. The van der Waals surface area contributed by atoms with Crippen LogP contribution < -0.4 is 4.90 Å². The molecule has 1 N–H and O–H groups in total. The number of hydrogen-bond donors (Lipinski definition) is 1. The van der Waals surface area contributed by atoms with Crippen LogP contribution in [0.15, 0.2) is 30.3 Å². The van der Waals surface area contributed by atoms with E-state index >= 15 is 0 Å². The van der Waals surface area contributed by atoms with Crippen molar-refractivity contribution in [1.82, 2.24) is 0 Å². The summed E-state index contributed by atoms with van der Waals surface area (Å²) in [6.07, 6.45) is 3.97. The van der Waals surface area contributed by atoms with Crippen molar-refractivity contribution in [3.8, 4) is 0 Å². The minimum atomic E-state index is -0.838. The maximum Gasteiger partial charge on any atom is 0.312 e. The molecule has 0 saturated heterocycles. The van der Waals surface area contributed by atoms with Crippen molar-refractivity contribution in [2.75, 3.05) is 11.9 Å². The zero-order valence-corrected chi connectivity index (χ0v) is 15.5. The van der Waals surface area contributed by atoms with Crippen LogP contribution in [-0.2, 0) is 14.3 Å². The van der Waals surface area contributed by atoms with Gasteiger partial charge in [0.05, 0.1) is 11.0 Å². The van der Waals surface area contributed by atoms with E-state index in [1.807, 2.05) is 30.3 Å². The molecule has 1 aromatic carbocycles. The summed E-state index contributed by atoms with van der Waals surface area (Å²) in [5.41, 5.74) is -0.542. The molecule has 0 radical (unpaired) electrons. The highest BCUT2D eigenvalue weighted by molar-refractivity contribution is 5.97. The van der Waals surface area contributed by atoms with E-state index in [1.165, 1.54) is 4.90 Å². The van der Waals surface area contributed by atoms with Gasteiger partial charge in [0.15, 0.2) is 6.10 Å². The molecule has 5 heteroatoms. The van der Waals surface area contributed by atoms with Gasteiger partial charge in [-0.2, -0.15) is 0 Å². The number of ether oxygens (including phenoxy) is 1. The van der Waals surface area contributed by atoms with Gasteiger partial charge in [0.2, 0.25) is 0 Å². The van der Waals surface area contributed by atoms with E-state index in [9.17, 15) is 14.7 Å². The van der Waals surface area contributed by atoms with E-state index < -0.39 is 17.1 Å². The lowest BCUT2D eigenvalue weighted by atomic mass is 9.48. The first kappa shape index (κ1) is 17.5. The second-order valence-corrected chi connectivity index (χ2v) is 8.75. The highest BCUT2D eigenvalue weighted by Gasteiger charge is 2.61. The predicted molar refractivity (Wildman–Crippen MR) is 97.5 cm³/mol. The third kappa shape index (κ3) is 2.92. The number of nitrogens with zero attached hydrogens (tertiary/aromatic N) is 1. The summed E-state index contributed by atoms with van der Waals surface area (Å²) in [5.74, 6) is 0.277. The van der Waals surface area contributed by atoms with Crippen LogP contribution in [0.5, 0.6) is 0 Å². The Balaban J connectivity index is 1.45. The van der Waals surface area contributed by atoms with Crippen molar-refractivity contribution in [2.24, 2.45) is 17.3 Å². The fraction of sp³-hybridized carbons (Fsp3) is 0.619. The molecule has 4 bridgehead atoms. The largest absolute Gasteiger partial charge is 0.452 e. The van der Waals surface area contributed by atoms with Gasteiger partial charge < -0.3 is 14.7 Å². The van der Waals surface area contributed by atoms with Crippen LogP contribution in [0.1, 0.15) is 45.4 Å². The van der Waals surface area contributed by atoms with Crippen LogP contribution >= 0.6 is 0 Å². The molecular formula is C21H27NO4. The van der Waals surface area contributed by atoms with Crippen LogP contribution in [0.4, 0.5) is 5.69 Å². The highest BCUT2D eigenvalue weighted by atomic mass is 16.5. The van der Waals surface area contributed by atoms with Crippen molar-refractivity contribution in [1.29, 1.82) is 0 Å². The summed E-state index contributed by atoms with van der Waals surface area (Å²) in [4.78, 5) is 27.2. The number of likely N-dealkylation sites (N-methyl/N-ethyl adjacent to an activating group) is 1. The number of carbonyl (C=O) groups excluding carboxylic acids is 2. The number of carbonyl (C=O) groups is 2. The second kappa shape index (κ2) is 6.08. The van der Waals surface area contributed by atoms with Crippen LogP contribution in [0.2, 0.25) is 0 Å². The highest BCUT2D eigenvalue weighted by Crippen LogP contribution is 2.62. The van der Waals surface area contributed by atoms with E-state index in [4.69, 9.17) is 4.74 Å². The van der Waals surface area contributed by atoms with Crippen LogP contribution in [0, 0.1) is 17.3 Å². The molecule has 4 aliphatic carbocycles. The van der Waals surface area contributed by atoms with Crippen LogP contribution in [0.3, 0.4) is 0 Å². The number of aliphatic hydroxyl groups is 1. The quantitative estimate of drug-likeness (QED) is 0.842. The van der Waals surface area contributed by atoms with Gasteiger partial charge in [0.25, 0.3) is 5.91 Å². The molecule has 0 aliphatic heterocycles. The molecule has 4 aliphatic rings. The first-order valence-electron chi connectivity index (χ1n) is 9.56. The van der Waals surface area contributed by atoms with Crippen LogP contribution in [0.25, 0.3) is 0 Å². The number of benzene rings is 1. The van der Waals surface area contributed by atoms with E-state index in [0.29, 0.717) is 18.3 Å². The Morgan fingerprint density at radius 2 is 1.77 bits per heavy atom. The van der Waals surface area contributed by atoms with Gasteiger partial charge in [-0.15, -0.1) is 0 Å². The lowest BCUT2D eigenvalue weighted by molar-refractivity contribution is -0.199. The zero-order valence-electron chi connectivity index (χ0n) is 15.5. The first-order chi connectivity index (χ1) is 12.3. The molecule has 3 atom stereocenters. The number of para-hydroxylation sites is 1. The molecule has 5 nitrogen and oxygen atoms in total. The normalized spacial score (nSPS) is 35.8. The summed E-state index contributed by atoms with van der Waals surface area (Å²) in [6.45, 7) is 1.63. The maximum absolute atomic E-state index is 13.0. The van der Waals surface area contributed by atoms with Crippen molar-refractivity contribution in [3.05, 3.63) is 30.3 Å². The molecule has 4 saturated carbocycles. The molecule has 1 aromatic rings. The Hall–Kier alpha value is -1.88. The van der Waals surface area contributed by atoms with Gasteiger partial charge in [0.1, 0.15) is 0 Å². The van der Waals surface area contributed by atoms with Crippen molar-refractivity contribution in [3.63, 3.8) is 0 Å². The third-order valence-electron chi connectivity index (χ3n) is 6.57. The summed E-state index contributed by atoms with van der Waals surface area (Å²) < 4.78 is 5.64. The van der Waals surface area contributed by atoms with Crippen LogP contribution in [-0.4, -0.2) is 35.7 Å². The van der Waals surface area contributed by atoms with Gasteiger partial charge in [-0.3, -0.25) is 9.59 Å². The van der Waals surface area contributed by atoms with E-state index in [2.05, 4.69) is 0 Å². The average Bonchev–Trinajstić information content (AvgIpc) is 2.59. The molecule has 140 valence electrons. The molecule has 0 unspecified atom stereocenters. The lowest BCUT2D eigenvalue weighted by Gasteiger charge is -2.58. The van der Waals surface area contributed by atoms with Gasteiger partial charge in [-0.25, -0.2) is 0 Å². The minimum absolute atomic E-state index is 0.243. The van der Waals surface area contributed by atoms with E-state index in [1.54, 1.807) is 14.0 Å². The molecule has 0 aromatic heterocycles. The monoisotopic (exact) mass is 357 g/mol. The summed E-state index contributed by atoms with van der Waals surface area (Å²) in [7, 11) is 1.69. The van der Waals surface area contributed by atoms with Crippen molar-refractivity contribution in [2.45, 2.75) is 57.2 Å². The van der Waals surface area contributed by atoms with Gasteiger partial charge in [0, 0.05) is 12.7 Å². The number of amides is 1. The molecular weight excluding hydrogens is 330 g/mol. The Labute approximate surface area is 154 Å². The molecule has 0 spiro atoms. The lowest BCUT2D eigenvalue weighted by Crippen LogP contribution is -2.59. The number of anilines is 1. The Morgan fingerprint density at radius 3 is 2.35 bits per heavy atom. The zero-order chi connectivity index (χ0) is 18.5. The van der Waals surface area contributed by atoms with E-state index in [-0.39, 0.29) is 11.9 Å². The number of hydrogen-bond acceptors (Lipinski definition) is 4. The fourth-order valence-corrected chi connectivity index (χ4v) is 5.84. The maximum atomic E-state index is 13.0. The molecule has 1 amide bonds. The molecule has 5 rings (SSSR count). The second-order valence-electron chi connectivity index (χ2n) is 8.75. The van der Waals surface area contributed by atoms with Gasteiger partial charge >= 0.3 is 5.97 Å². The molecule has 26 heavy (non-hydrogen) atoms. The SMILES string of the molecule is C[C@@H](OC(=O)C12C[C@H]3C[C@@H](CC(O)(C3)C1)C2)C(=O)N(C)c1ccccc1. The summed E-state index contributed by atoms with van der Waals surface area (Å²) >= 11 is 0. The van der Waals surface area contributed by atoms with E-state index in [0.717, 1.165) is 37.8 Å². The van der Waals surface area contributed by atoms with Gasteiger partial charge in [-0.1, -0.05) is 18.2 Å². The average molecular weight is 357 g/mol. The first-order valence-corrected chi connectivity index (χ1v) is 9.56. The molecule has 0 heterocycles. The molecule has 4 fully saturated rings. The third-order valence-corrected chi connectivity index (χ3v) is 6.57. The van der Waals surface area contributed by atoms with Crippen molar-refractivity contribution >= 4 is 17.6 Å². The predicted octanol–water partition coefficient (Wildman–Crippen LogP) is 2.91. The Bertz CT molecular complexity index is 702. The standard InChI is InChI=1S/C21H27NO4/c1-14(18(23)22(2)17-6-4-3-5-7-17)26-19(24)20-9-15-8-16(10-20)12-21(25,11-15)13-20/h3-7,14-16,25H,8-13H2,1-2H3/t14-,15-,16-,20?,21?/m1/s1. The fourth-order valence-electron chi connectivity index (χ4n) is 5.84. The summed E-state index contributed by atoms with van der Waals surface area (Å²) in [6, 6.07) is 9.32. The van der Waals surface area contributed by atoms with Gasteiger partial charge in [-0.05, 0) is 69.4 Å². The topological polar surface area (TPSA) is 66.8 Å².